The Labute approximate surface area is 223 Å². The number of anilines is 1. The normalized spacial score (nSPS) is 14.0. The SMILES string of the molecule is COc1ccc(-c2cc3ccc(OC)cc3n2C)c(NCc2ccc(OCCN3CCCCC3)c(F)c2)c1. The number of piperidine rings is 1. The third kappa shape index (κ3) is 5.73. The molecule has 200 valence electrons. The van der Waals surface area contributed by atoms with Crippen LogP contribution in [0.25, 0.3) is 22.2 Å². The molecule has 6 nitrogen and oxygen atoms in total. The molecule has 0 atom stereocenters. The third-order valence-electron chi connectivity index (χ3n) is 7.35. The molecule has 0 bridgehead atoms. The first-order valence-corrected chi connectivity index (χ1v) is 13.2. The molecule has 1 N–H and O–H groups in total. The summed E-state index contributed by atoms with van der Waals surface area (Å²) in [5.74, 6) is 1.54. The van der Waals surface area contributed by atoms with E-state index in [1.807, 2.05) is 43.4 Å². The zero-order valence-corrected chi connectivity index (χ0v) is 22.4. The fraction of sp³-hybridized carbons (Fsp3) is 0.355. The zero-order valence-electron chi connectivity index (χ0n) is 22.4. The van der Waals surface area contributed by atoms with Gasteiger partial charge in [-0.3, -0.25) is 4.90 Å². The van der Waals surface area contributed by atoms with Crippen molar-refractivity contribution >= 4 is 16.6 Å². The number of aromatic nitrogens is 1. The molecule has 1 saturated heterocycles. The molecule has 1 aliphatic heterocycles. The van der Waals surface area contributed by atoms with Crippen LogP contribution < -0.4 is 19.5 Å². The summed E-state index contributed by atoms with van der Waals surface area (Å²) in [6.45, 7) is 4.01. The summed E-state index contributed by atoms with van der Waals surface area (Å²) in [7, 11) is 5.37. The maximum absolute atomic E-state index is 14.8. The molecule has 0 radical (unpaired) electrons. The van der Waals surface area contributed by atoms with Crippen molar-refractivity contribution in [2.24, 2.45) is 7.05 Å². The first kappa shape index (κ1) is 25.9. The fourth-order valence-corrected chi connectivity index (χ4v) is 5.15. The summed E-state index contributed by atoms with van der Waals surface area (Å²) in [6.07, 6.45) is 3.77. The second-order valence-electron chi connectivity index (χ2n) is 9.79. The summed E-state index contributed by atoms with van der Waals surface area (Å²) in [5.41, 5.74) is 4.91. The molecule has 0 aliphatic carbocycles. The van der Waals surface area contributed by atoms with Crippen LogP contribution in [-0.4, -0.2) is 49.9 Å². The minimum absolute atomic E-state index is 0.304. The van der Waals surface area contributed by atoms with Gasteiger partial charge in [0.15, 0.2) is 11.6 Å². The lowest BCUT2D eigenvalue weighted by molar-refractivity contribution is 0.180. The van der Waals surface area contributed by atoms with E-state index in [0.717, 1.165) is 64.5 Å². The van der Waals surface area contributed by atoms with E-state index in [1.165, 1.54) is 19.3 Å². The van der Waals surface area contributed by atoms with Crippen LogP contribution in [0.15, 0.2) is 60.7 Å². The molecule has 7 heteroatoms. The number of fused-ring (bicyclic) bond motifs is 1. The van der Waals surface area contributed by atoms with Crippen molar-refractivity contribution in [2.45, 2.75) is 25.8 Å². The number of nitrogens with one attached hydrogen (secondary N) is 1. The van der Waals surface area contributed by atoms with Crippen LogP contribution in [0.4, 0.5) is 10.1 Å². The maximum Gasteiger partial charge on any atom is 0.165 e. The number of likely N-dealkylation sites (tertiary alicyclic amines) is 1. The van der Waals surface area contributed by atoms with Crippen molar-refractivity contribution in [3.05, 3.63) is 72.0 Å². The number of hydrogen-bond donors (Lipinski definition) is 1. The molecule has 0 spiro atoms. The van der Waals surface area contributed by atoms with E-state index >= 15 is 0 Å². The summed E-state index contributed by atoms with van der Waals surface area (Å²) in [5, 5.41) is 4.63. The fourth-order valence-electron chi connectivity index (χ4n) is 5.15. The summed E-state index contributed by atoms with van der Waals surface area (Å²) in [6, 6.07) is 19.4. The summed E-state index contributed by atoms with van der Waals surface area (Å²) >= 11 is 0. The topological polar surface area (TPSA) is 47.9 Å². The van der Waals surface area contributed by atoms with Crippen molar-refractivity contribution in [1.82, 2.24) is 9.47 Å². The molecule has 38 heavy (non-hydrogen) atoms. The maximum atomic E-state index is 14.8. The van der Waals surface area contributed by atoms with Crippen LogP contribution in [-0.2, 0) is 13.6 Å². The van der Waals surface area contributed by atoms with Crippen molar-refractivity contribution in [1.29, 1.82) is 0 Å². The summed E-state index contributed by atoms with van der Waals surface area (Å²) < 4.78 is 33.7. The molecule has 3 aromatic carbocycles. The lowest BCUT2D eigenvalue weighted by Crippen LogP contribution is -2.33. The number of nitrogens with zero attached hydrogens (tertiary/aromatic N) is 2. The van der Waals surface area contributed by atoms with E-state index < -0.39 is 0 Å². The van der Waals surface area contributed by atoms with Gasteiger partial charge in [-0.25, -0.2) is 4.39 Å². The van der Waals surface area contributed by atoms with Crippen LogP contribution in [0, 0.1) is 5.82 Å². The Balaban J connectivity index is 1.31. The van der Waals surface area contributed by atoms with Crippen LogP contribution in [0.3, 0.4) is 0 Å². The van der Waals surface area contributed by atoms with Crippen molar-refractivity contribution in [2.75, 3.05) is 45.8 Å². The molecule has 0 saturated carbocycles. The molecule has 2 heterocycles. The molecule has 1 aromatic heterocycles. The molecular weight excluding hydrogens is 481 g/mol. The first-order valence-electron chi connectivity index (χ1n) is 13.2. The van der Waals surface area contributed by atoms with Crippen molar-refractivity contribution in [3.8, 4) is 28.5 Å². The Morgan fingerprint density at radius 2 is 1.63 bits per heavy atom. The predicted molar refractivity (Wildman–Crippen MR) is 151 cm³/mol. The van der Waals surface area contributed by atoms with Gasteiger partial charge in [0, 0.05) is 48.9 Å². The highest BCUT2D eigenvalue weighted by molar-refractivity contribution is 5.91. The number of methoxy groups -OCH3 is 2. The van der Waals surface area contributed by atoms with Crippen molar-refractivity contribution < 1.29 is 18.6 Å². The second kappa shape index (κ2) is 11.8. The Hall–Kier alpha value is -3.71. The first-order chi connectivity index (χ1) is 18.6. The largest absolute Gasteiger partial charge is 0.497 e. The van der Waals surface area contributed by atoms with Crippen LogP contribution in [0.1, 0.15) is 24.8 Å². The zero-order chi connectivity index (χ0) is 26.5. The van der Waals surface area contributed by atoms with E-state index in [9.17, 15) is 4.39 Å². The van der Waals surface area contributed by atoms with Gasteiger partial charge in [0.1, 0.15) is 18.1 Å². The summed E-state index contributed by atoms with van der Waals surface area (Å²) in [4.78, 5) is 2.39. The third-order valence-corrected chi connectivity index (χ3v) is 7.35. The van der Waals surface area contributed by atoms with Gasteiger partial charge in [0.2, 0.25) is 0 Å². The molecule has 4 aromatic rings. The van der Waals surface area contributed by atoms with E-state index in [-0.39, 0.29) is 5.82 Å². The van der Waals surface area contributed by atoms with E-state index in [1.54, 1.807) is 26.4 Å². The number of hydrogen-bond acceptors (Lipinski definition) is 5. The lowest BCUT2D eigenvalue weighted by atomic mass is 10.1. The van der Waals surface area contributed by atoms with Gasteiger partial charge in [-0.05, 0) is 74.0 Å². The number of ether oxygens (including phenoxy) is 3. The highest BCUT2D eigenvalue weighted by Gasteiger charge is 2.15. The average Bonchev–Trinajstić information content (AvgIpc) is 3.28. The highest BCUT2D eigenvalue weighted by Crippen LogP contribution is 2.36. The van der Waals surface area contributed by atoms with E-state index in [4.69, 9.17) is 14.2 Å². The monoisotopic (exact) mass is 517 g/mol. The second-order valence-corrected chi connectivity index (χ2v) is 9.79. The van der Waals surface area contributed by atoms with Crippen LogP contribution in [0.5, 0.6) is 17.2 Å². The Kier molecular flexibility index (Phi) is 8.03. The predicted octanol–water partition coefficient (Wildman–Crippen LogP) is 6.48. The van der Waals surface area contributed by atoms with Crippen LogP contribution >= 0.6 is 0 Å². The molecule has 1 fully saturated rings. The average molecular weight is 518 g/mol. The minimum atomic E-state index is -0.337. The van der Waals surface area contributed by atoms with Gasteiger partial charge in [-0.2, -0.15) is 0 Å². The Morgan fingerprint density at radius 1 is 0.868 bits per heavy atom. The van der Waals surface area contributed by atoms with Crippen molar-refractivity contribution in [3.63, 3.8) is 0 Å². The Bertz CT molecular complexity index is 1390. The van der Waals surface area contributed by atoms with Gasteiger partial charge in [0.05, 0.1) is 25.4 Å². The van der Waals surface area contributed by atoms with Gasteiger partial charge < -0.3 is 24.1 Å². The molecule has 5 rings (SSSR count). The van der Waals surface area contributed by atoms with Gasteiger partial charge in [-0.1, -0.05) is 12.5 Å². The quantitative estimate of drug-likeness (QED) is 0.261. The number of halogens is 1. The Morgan fingerprint density at radius 3 is 2.39 bits per heavy atom. The van der Waals surface area contributed by atoms with E-state index in [0.29, 0.717) is 18.9 Å². The lowest BCUT2D eigenvalue weighted by Gasteiger charge is -2.26. The number of aryl methyl sites for hydroxylation is 1. The van der Waals surface area contributed by atoms with Crippen LogP contribution in [0.2, 0.25) is 0 Å². The minimum Gasteiger partial charge on any atom is -0.497 e. The number of rotatable bonds is 10. The smallest absolute Gasteiger partial charge is 0.165 e. The van der Waals surface area contributed by atoms with Gasteiger partial charge >= 0.3 is 0 Å². The molecule has 0 unspecified atom stereocenters. The van der Waals surface area contributed by atoms with Gasteiger partial charge in [0.25, 0.3) is 0 Å². The molecule has 0 amide bonds. The molecule has 1 aliphatic rings. The van der Waals surface area contributed by atoms with Gasteiger partial charge in [-0.15, -0.1) is 0 Å². The van der Waals surface area contributed by atoms with E-state index in [2.05, 4.69) is 26.9 Å². The molecular formula is C31H36FN3O3. The highest BCUT2D eigenvalue weighted by atomic mass is 19.1. The number of benzene rings is 3. The standard InChI is InChI=1S/C31H36FN3O3/c1-34-29-20-25(37-3)9-8-23(29)18-30(34)26-11-10-24(36-2)19-28(26)33-21-22-7-12-31(27(32)17-22)38-16-15-35-13-5-4-6-14-35/h7-12,17-20,33H,4-6,13-16,21H2,1-3H3.